The molecule has 0 radical (unpaired) electrons. The molecule has 1 rings (SSSR count). The van der Waals surface area contributed by atoms with Gasteiger partial charge in [-0.05, 0) is 19.4 Å². The van der Waals surface area contributed by atoms with Crippen LogP contribution in [0.15, 0.2) is 12.7 Å². The molecule has 7 nitrogen and oxygen atoms in total. The predicted molar refractivity (Wildman–Crippen MR) is 71.2 cm³/mol. The number of hydrogen-bond donors (Lipinski definition) is 3. The highest BCUT2D eigenvalue weighted by Gasteiger charge is 2.31. The van der Waals surface area contributed by atoms with Crippen LogP contribution in [0, 0.1) is 0 Å². The number of likely N-dealkylation sites (tertiary alicyclic amines) is 1. The molecule has 1 atom stereocenters. The van der Waals surface area contributed by atoms with Crippen molar-refractivity contribution >= 4 is 30.3 Å². The summed E-state index contributed by atoms with van der Waals surface area (Å²) in [5.41, 5.74) is 0. The molecule has 8 heteroatoms. The Balaban J connectivity index is 0.00000324. The first-order chi connectivity index (χ1) is 8.54. The van der Waals surface area contributed by atoms with Crippen LogP contribution in [-0.4, -0.2) is 53.6 Å². The first kappa shape index (κ1) is 17.4. The molecule has 1 fully saturated rings. The molecule has 1 aliphatic heterocycles. The van der Waals surface area contributed by atoms with Crippen molar-refractivity contribution in [1.29, 1.82) is 0 Å². The van der Waals surface area contributed by atoms with Crippen LogP contribution in [0.25, 0.3) is 0 Å². The van der Waals surface area contributed by atoms with Gasteiger partial charge in [-0.25, -0.2) is 4.79 Å². The van der Waals surface area contributed by atoms with Gasteiger partial charge in [0.15, 0.2) is 0 Å². The second kappa shape index (κ2) is 8.49. The lowest BCUT2D eigenvalue weighted by atomic mass is 10.2. The van der Waals surface area contributed by atoms with E-state index in [1.165, 1.54) is 6.08 Å². The van der Waals surface area contributed by atoms with E-state index < -0.39 is 23.9 Å². The minimum Gasteiger partial charge on any atom is -0.480 e. The van der Waals surface area contributed by atoms with E-state index in [2.05, 4.69) is 17.2 Å². The van der Waals surface area contributed by atoms with Gasteiger partial charge in [-0.3, -0.25) is 19.8 Å². The summed E-state index contributed by atoms with van der Waals surface area (Å²) >= 11 is 0. The summed E-state index contributed by atoms with van der Waals surface area (Å²) in [5, 5.41) is 13.5. The van der Waals surface area contributed by atoms with E-state index in [1.807, 2.05) is 0 Å². The van der Waals surface area contributed by atoms with Crippen LogP contribution in [0.4, 0.5) is 4.79 Å². The minimum atomic E-state index is -0.934. The number of nitrogens with one attached hydrogen (secondary N) is 2. The van der Waals surface area contributed by atoms with Crippen molar-refractivity contribution in [2.75, 3.05) is 19.6 Å². The monoisotopic (exact) mass is 291 g/mol. The molecule has 1 saturated heterocycles. The van der Waals surface area contributed by atoms with E-state index in [4.69, 9.17) is 5.11 Å². The molecule has 108 valence electrons. The summed E-state index contributed by atoms with van der Waals surface area (Å²) in [7, 11) is 0. The van der Waals surface area contributed by atoms with E-state index in [9.17, 15) is 14.4 Å². The standard InChI is InChI=1S/C11H17N3O4.ClH/c1-2-5-12-11(18)13-9(15)7-14-6-3-4-8(14)10(16)17;/h2,8H,1,3-7H2,(H,16,17)(H2,12,13,15,18);1H. The third-order valence-corrected chi connectivity index (χ3v) is 2.66. The molecule has 0 aliphatic carbocycles. The molecule has 1 aliphatic rings. The van der Waals surface area contributed by atoms with Crippen molar-refractivity contribution in [2.45, 2.75) is 18.9 Å². The van der Waals surface area contributed by atoms with E-state index in [0.29, 0.717) is 13.0 Å². The van der Waals surface area contributed by atoms with Crippen LogP contribution in [0.5, 0.6) is 0 Å². The third-order valence-electron chi connectivity index (χ3n) is 2.66. The molecular formula is C11H18ClN3O4. The summed E-state index contributed by atoms with van der Waals surface area (Å²) < 4.78 is 0. The van der Waals surface area contributed by atoms with Crippen molar-refractivity contribution < 1.29 is 19.5 Å². The second-order valence-electron chi connectivity index (χ2n) is 4.01. The number of carbonyl (C=O) groups excluding carboxylic acids is 2. The van der Waals surface area contributed by atoms with Gasteiger partial charge < -0.3 is 10.4 Å². The van der Waals surface area contributed by atoms with Crippen LogP contribution in [0.3, 0.4) is 0 Å². The summed E-state index contributed by atoms with van der Waals surface area (Å²) in [6.07, 6.45) is 2.77. The number of imide groups is 1. The lowest BCUT2D eigenvalue weighted by Gasteiger charge is -2.19. The largest absolute Gasteiger partial charge is 0.480 e. The zero-order valence-corrected chi connectivity index (χ0v) is 11.2. The predicted octanol–water partition coefficient (Wildman–Crippen LogP) is -0.0310. The molecule has 3 amide bonds. The smallest absolute Gasteiger partial charge is 0.321 e. The minimum absolute atomic E-state index is 0. The Morgan fingerprint density at radius 1 is 1.42 bits per heavy atom. The van der Waals surface area contributed by atoms with Crippen LogP contribution in [0.2, 0.25) is 0 Å². The zero-order chi connectivity index (χ0) is 13.5. The number of carboxylic acids is 1. The maximum absolute atomic E-state index is 11.5. The number of halogens is 1. The molecule has 0 spiro atoms. The molecule has 0 aromatic heterocycles. The molecule has 1 heterocycles. The van der Waals surface area contributed by atoms with Crippen LogP contribution < -0.4 is 10.6 Å². The number of hydrogen-bond acceptors (Lipinski definition) is 4. The first-order valence-corrected chi connectivity index (χ1v) is 5.70. The number of nitrogens with zero attached hydrogens (tertiary/aromatic N) is 1. The number of carbonyl (C=O) groups is 3. The van der Waals surface area contributed by atoms with Gasteiger partial charge in [-0.15, -0.1) is 19.0 Å². The number of carboxylic acid groups (broad SMARTS) is 1. The third kappa shape index (κ3) is 5.71. The molecular weight excluding hydrogens is 274 g/mol. The van der Waals surface area contributed by atoms with Gasteiger partial charge >= 0.3 is 12.0 Å². The molecule has 1 unspecified atom stereocenters. The fourth-order valence-corrected chi connectivity index (χ4v) is 1.85. The number of amides is 3. The first-order valence-electron chi connectivity index (χ1n) is 5.70. The highest BCUT2D eigenvalue weighted by atomic mass is 35.5. The normalized spacial score (nSPS) is 18.2. The van der Waals surface area contributed by atoms with E-state index >= 15 is 0 Å². The van der Waals surface area contributed by atoms with Gasteiger partial charge in [-0.2, -0.15) is 0 Å². The van der Waals surface area contributed by atoms with Gasteiger partial charge in [0.25, 0.3) is 0 Å². The quantitative estimate of drug-likeness (QED) is 0.618. The van der Waals surface area contributed by atoms with E-state index in [0.717, 1.165) is 6.42 Å². The van der Waals surface area contributed by atoms with Gasteiger partial charge in [0.05, 0.1) is 6.54 Å². The maximum atomic E-state index is 11.5. The van der Waals surface area contributed by atoms with Gasteiger partial charge in [-0.1, -0.05) is 6.08 Å². The Morgan fingerprint density at radius 2 is 2.11 bits per heavy atom. The summed E-state index contributed by atoms with van der Waals surface area (Å²) in [5.74, 6) is -1.44. The Hall–Kier alpha value is -1.60. The highest BCUT2D eigenvalue weighted by molar-refractivity contribution is 5.95. The number of urea groups is 1. The topological polar surface area (TPSA) is 98.7 Å². The SMILES string of the molecule is C=CCNC(=O)NC(=O)CN1CCCC1C(=O)O.Cl. The van der Waals surface area contributed by atoms with Crippen molar-refractivity contribution in [3.05, 3.63) is 12.7 Å². The van der Waals surface area contributed by atoms with Crippen molar-refractivity contribution in [1.82, 2.24) is 15.5 Å². The highest BCUT2D eigenvalue weighted by Crippen LogP contribution is 2.16. The fraction of sp³-hybridized carbons (Fsp3) is 0.545. The zero-order valence-electron chi connectivity index (χ0n) is 10.4. The van der Waals surface area contributed by atoms with Crippen LogP contribution in [-0.2, 0) is 9.59 Å². The molecule has 0 bridgehead atoms. The molecule has 0 aromatic rings. The Kier molecular flexibility index (Phi) is 7.78. The van der Waals surface area contributed by atoms with Crippen LogP contribution >= 0.6 is 12.4 Å². The van der Waals surface area contributed by atoms with Gasteiger partial charge in [0.2, 0.25) is 5.91 Å². The number of aliphatic carboxylic acids is 1. The summed E-state index contributed by atoms with van der Waals surface area (Å²) in [6, 6.07) is -1.24. The maximum Gasteiger partial charge on any atom is 0.321 e. The lowest BCUT2D eigenvalue weighted by molar-refractivity contribution is -0.142. The molecule has 0 aromatic carbocycles. The Bertz CT molecular complexity index is 362. The molecule has 3 N–H and O–H groups in total. The lowest BCUT2D eigenvalue weighted by Crippen LogP contribution is -2.47. The van der Waals surface area contributed by atoms with Gasteiger partial charge in [0, 0.05) is 6.54 Å². The molecule has 19 heavy (non-hydrogen) atoms. The van der Waals surface area contributed by atoms with Crippen molar-refractivity contribution in [2.24, 2.45) is 0 Å². The van der Waals surface area contributed by atoms with Crippen molar-refractivity contribution in [3.8, 4) is 0 Å². The number of rotatable bonds is 5. The molecule has 0 saturated carbocycles. The van der Waals surface area contributed by atoms with Gasteiger partial charge in [0.1, 0.15) is 6.04 Å². The average molecular weight is 292 g/mol. The second-order valence-corrected chi connectivity index (χ2v) is 4.01. The van der Waals surface area contributed by atoms with E-state index in [1.54, 1.807) is 4.90 Å². The Morgan fingerprint density at radius 3 is 2.68 bits per heavy atom. The summed E-state index contributed by atoms with van der Waals surface area (Å²) in [4.78, 5) is 35.1. The van der Waals surface area contributed by atoms with E-state index in [-0.39, 0.29) is 25.5 Å². The van der Waals surface area contributed by atoms with Crippen LogP contribution in [0.1, 0.15) is 12.8 Å². The summed E-state index contributed by atoms with van der Waals surface area (Å²) in [6.45, 7) is 4.16. The Labute approximate surface area is 117 Å². The van der Waals surface area contributed by atoms with Crippen molar-refractivity contribution in [3.63, 3.8) is 0 Å². The average Bonchev–Trinajstić information content (AvgIpc) is 2.74. The fourth-order valence-electron chi connectivity index (χ4n) is 1.85.